The summed E-state index contributed by atoms with van der Waals surface area (Å²) in [5.74, 6) is 0.816. The molecule has 0 radical (unpaired) electrons. The van der Waals surface area contributed by atoms with E-state index in [9.17, 15) is 5.11 Å². The molecule has 0 spiro atoms. The van der Waals surface area contributed by atoms with Gasteiger partial charge in [0, 0.05) is 19.6 Å². The van der Waals surface area contributed by atoms with Crippen LogP contribution in [0.4, 0.5) is 0 Å². The van der Waals surface area contributed by atoms with Crippen LogP contribution in [0.25, 0.3) is 0 Å². The standard InChI is InChI=1S/C15H27N3O3/c1-17-8-12(7-13(19)9-17)15-16-20-11-14(21-15)10-18-5-3-2-4-6-18/h12-14,19H,2-11H2,1H3/t12-,13-,14-/m1/s1. The Morgan fingerprint density at radius 1 is 1.24 bits per heavy atom. The summed E-state index contributed by atoms with van der Waals surface area (Å²) in [5.41, 5.74) is 0. The second kappa shape index (κ2) is 6.94. The second-order valence-electron chi connectivity index (χ2n) is 6.63. The number of hydrogen-bond acceptors (Lipinski definition) is 6. The number of ether oxygens (including phenoxy) is 1. The van der Waals surface area contributed by atoms with E-state index >= 15 is 0 Å². The zero-order valence-electron chi connectivity index (χ0n) is 12.9. The molecule has 0 aromatic heterocycles. The van der Waals surface area contributed by atoms with E-state index in [1.807, 2.05) is 7.05 Å². The van der Waals surface area contributed by atoms with Gasteiger partial charge in [0.1, 0.15) is 6.10 Å². The lowest BCUT2D eigenvalue weighted by molar-refractivity contribution is -0.0228. The summed E-state index contributed by atoms with van der Waals surface area (Å²) in [6.07, 6.45) is 4.39. The Balaban J connectivity index is 1.53. The van der Waals surface area contributed by atoms with Crippen LogP contribution >= 0.6 is 0 Å². The van der Waals surface area contributed by atoms with Gasteiger partial charge < -0.3 is 19.6 Å². The zero-order valence-corrected chi connectivity index (χ0v) is 12.9. The normalized spacial score (nSPS) is 35.7. The van der Waals surface area contributed by atoms with Crippen molar-refractivity contribution in [2.24, 2.45) is 11.1 Å². The van der Waals surface area contributed by atoms with E-state index in [1.165, 1.54) is 19.3 Å². The Labute approximate surface area is 126 Å². The summed E-state index contributed by atoms with van der Waals surface area (Å²) >= 11 is 0. The first-order valence-electron chi connectivity index (χ1n) is 8.16. The van der Waals surface area contributed by atoms with Gasteiger partial charge in [0.2, 0.25) is 5.90 Å². The lowest BCUT2D eigenvalue weighted by atomic mass is 9.96. The quantitative estimate of drug-likeness (QED) is 0.823. The minimum atomic E-state index is -0.303. The van der Waals surface area contributed by atoms with Crippen molar-refractivity contribution in [1.82, 2.24) is 9.80 Å². The van der Waals surface area contributed by atoms with Gasteiger partial charge >= 0.3 is 0 Å². The van der Waals surface area contributed by atoms with E-state index in [4.69, 9.17) is 9.57 Å². The summed E-state index contributed by atoms with van der Waals surface area (Å²) < 4.78 is 6.07. The molecule has 2 saturated heterocycles. The fourth-order valence-corrected chi connectivity index (χ4v) is 3.57. The number of piperidine rings is 2. The number of oxime groups is 1. The van der Waals surface area contributed by atoms with Crippen LogP contribution in [0.5, 0.6) is 0 Å². The number of nitrogens with zero attached hydrogens (tertiary/aromatic N) is 3. The van der Waals surface area contributed by atoms with Gasteiger partial charge in [-0.15, -0.1) is 0 Å². The molecule has 2 fully saturated rings. The van der Waals surface area contributed by atoms with E-state index < -0.39 is 0 Å². The molecule has 1 N–H and O–H groups in total. The number of β-amino-alcohol motifs (C(OH)–C–C–N with tert-alkyl or cyclic N) is 1. The van der Waals surface area contributed by atoms with Gasteiger partial charge in [-0.05, 0) is 39.4 Å². The van der Waals surface area contributed by atoms with Crippen LogP contribution in [-0.2, 0) is 9.57 Å². The topological polar surface area (TPSA) is 57.5 Å². The molecule has 0 aliphatic carbocycles. The molecule has 3 heterocycles. The molecule has 6 nitrogen and oxygen atoms in total. The minimum Gasteiger partial charge on any atom is -0.470 e. The molecule has 3 aliphatic heterocycles. The molecule has 3 aliphatic rings. The highest BCUT2D eigenvalue weighted by molar-refractivity contribution is 5.79. The Bertz CT molecular complexity index is 361. The summed E-state index contributed by atoms with van der Waals surface area (Å²) in [6.45, 7) is 5.38. The maximum Gasteiger partial charge on any atom is 0.230 e. The number of aliphatic hydroxyl groups is 1. The Morgan fingerprint density at radius 2 is 2.05 bits per heavy atom. The van der Waals surface area contributed by atoms with Gasteiger partial charge in [-0.3, -0.25) is 4.90 Å². The van der Waals surface area contributed by atoms with Gasteiger partial charge in [-0.2, -0.15) is 0 Å². The lowest BCUT2D eigenvalue weighted by Gasteiger charge is -2.36. The summed E-state index contributed by atoms with van der Waals surface area (Å²) in [4.78, 5) is 9.98. The SMILES string of the molecule is CN1C[C@H](O)C[C@@H](C2=NOC[C@@H](CN3CCCCC3)O2)C1. The number of aliphatic hydroxyl groups excluding tert-OH is 1. The van der Waals surface area contributed by atoms with Crippen LogP contribution in [0.15, 0.2) is 5.16 Å². The smallest absolute Gasteiger partial charge is 0.230 e. The molecule has 0 bridgehead atoms. The maximum atomic E-state index is 9.91. The summed E-state index contributed by atoms with van der Waals surface area (Å²) in [7, 11) is 2.02. The monoisotopic (exact) mass is 297 g/mol. The van der Waals surface area contributed by atoms with Crippen molar-refractivity contribution in [3.05, 3.63) is 0 Å². The first kappa shape index (κ1) is 15.1. The van der Waals surface area contributed by atoms with E-state index in [2.05, 4.69) is 15.0 Å². The fraction of sp³-hybridized carbons (Fsp3) is 0.933. The van der Waals surface area contributed by atoms with E-state index in [1.54, 1.807) is 0 Å². The average Bonchev–Trinajstić information content (AvgIpc) is 2.47. The second-order valence-corrected chi connectivity index (χ2v) is 6.63. The Morgan fingerprint density at radius 3 is 2.81 bits per heavy atom. The van der Waals surface area contributed by atoms with Crippen LogP contribution in [0, 0.1) is 5.92 Å². The van der Waals surface area contributed by atoms with Gasteiger partial charge in [0.05, 0.1) is 12.0 Å². The molecule has 0 amide bonds. The van der Waals surface area contributed by atoms with Gasteiger partial charge in [-0.25, -0.2) is 0 Å². The molecule has 0 aromatic rings. The van der Waals surface area contributed by atoms with E-state index in [0.717, 1.165) is 32.7 Å². The number of likely N-dealkylation sites (N-methyl/N-ethyl adjacent to an activating group) is 1. The third-order valence-electron chi connectivity index (χ3n) is 4.57. The van der Waals surface area contributed by atoms with Crippen LogP contribution in [0.2, 0.25) is 0 Å². The van der Waals surface area contributed by atoms with Crippen molar-refractivity contribution >= 4 is 5.90 Å². The number of rotatable bonds is 3. The van der Waals surface area contributed by atoms with Crippen molar-refractivity contribution in [1.29, 1.82) is 0 Å². The number of likely N-dealkylation sites (tertiary alicyclic amines) is 2. The van der Waals surface area contributed by atoms with Crippen LogP contribution < -0.4 is 0 Å². The zero-order chi connectivity index (χ0) is 14.7. The lowest BCUT2D eigenvalue weighted by Crippen LogP contribution is -2.47. The molecular formula is C15H27N3O3. The molecule has 3 rings (SSSR count). The molecule has 0 saturated carbocycles. The molecule has 0 unspecified atom stereocenters. The predicted octanol–water partition coefficient (Wildman–Crippen LogP) is 0.514. The fourth-order valence-electron chi connectivity index (χ4n) is 3.57. The molecule has 120 valence electrons. The molecule has 6 heteroatoms. The van der Waals surface area contributed by atoms with Crippen molar-refractivity contribution in [3.63, 3.8) is 0 Å². The van der Waals surface area contributed by atoms with Crippen molar-refractivity contribution < 1.29 is 14.7 Å². The predicted molar refractivity (Wildman–Crippen MR) is 80.2 cm³/mol. The molecule has 0 aromatic carbocycles. The molecular weight excluding hydrogens is 270 g/mol. The highest BCUT2D eigenvalue weighted by Crippen LogP contribution is 2.21. The average molecular weight is 297 g/mol. The molecule has 21 heavy (non-hydrogen) atoms. The summed E-state index contributed by atoms with van der Waals surface area (Å²) in [6, 6.07) is 0. The first-order chi connectivity index (χ1) is 10.2. The Hall–Kier alpha value is -0.850. The molecule has 3 atom stereocenters. The van der Waals surface area contributed by atoms with Gasteiger partial charge in [0.15, 0.2) is 6.61 Å². The van der Waals surface area contributed by atoms with E-state index in [-0.39, 0.29) is 18.1 Å². The highest BCUT2D eigenvalue weighted by atomic mass is 16.7. The van der Waals surface area contributed by atoms with Crippen LogP contribution in [0.1, 0.15) is 25.7 Å². The van der Waals surface area contributed by atoms with Crippen LogP contribution in [-0.4, -0.2) is 79.4 Å². The van der Waals surface area contributed by atoms with Gasteiger partial charge in [0.25, 0.3) is 0 Å². The van der Waals surface area contributed by atoms with Crippen molar-refractivity contribution in [3.8, 4) is 0 Å². The third kappa shape index (κ3) is 4.08. The van der Waals surface area contributed by atoms with E-state index in [0.29, 0.717) is 18.9 Å². The van der Waals surface area contributed by atoms with Gasteiger partial charge in [-0.1, -0.05) is 11.6 Å². The Kier molecular flexibility index (Phi) is 4.98. The first-order valence-corrected chi connectivity index (χ1v) is 8.16. The van der Waals surface area contributed by atoms with Crippen LogP contribution in [0.3, 0.4) is 0 Å². The third-order valence-corrected chi connectivity index (χ3v) is 4.57. The van der Waals surface area contributed by atoms with Crippen molar-refractivity contribution in [2.75, 3.05) is 46.4 Å². The maximum absolute atomic E-state index is 9.91. The van der Waals surface area contributed by atoms with Crippen molar-refractivity contribution in [2.45, 2.75) is 37.9 Å². The largest absolute Gasteiger partial charge is 0.470 e. The highest BCUT2D eigenvalue weighted by Gasteiger charge is 2.33. The summed E-state index contributed by atoms with van der Waals surface area (Å²) in [5, 5.41) is 14.0. The number of hydrogen-bond donors (Lipinski definition) is 1. The minimum absolute atomic E-state index is 0.0694.